The van der Waals surface area contributed by atoms with Crippen LogP contribution in [0.3, 0.4) is 0 Å². The summed E-state index contributed by atoms with van der Waals surface area (Å²) < 4.78 is 1.15. The predicted octanol–water partition coefficient (Wildman–Crippen LogP) is 2.12. The highest BCUT2D eigenvalue weighted by molar-refractivity contribution is 4.49. The van der Waals surface area contributed by atoms with Crippen molar-refractivity contribution in [3.63, 3.8) is 0 Å². The average Bonchev–Trinajstić information content (AvgIpc) is 2.46. The first kappa shape index (κ1) is 24.5. The molecule has 0 atom stereocenters. The molecule has 0 aromatic rings. The quantitative estimate of drug-likeness (QED) is 0.339. The fourth-order valence-corrected chi connectivity index (χ4v) is 3.01. The van der Waals surface area contributed by atoms with Crippen LogP contribution in [0.2, 0.25) is 0 Å². The van der Waals surface area contributed by atoms with E-state index in [9.17, 15) is 0 Å². The molecular formula is C19H43ClN2. The number of hydrogen-bond acceptors (Lipinski definition) is 1. The summed E-state index contributed by atoms with van der Waals surface area (Å²) in [5.74, 6) is 0. The summed E-state index contributed by atoms with van der Waals surface area (Å²) in [4.78, 5) is 0. The van der Waals surface area contributed by atoms with E-state index in [1.165, 1.54) is 90.1 Å². The van der Waals surface area contributed by atoms with Crippen LogP contribution in [0.4, 0.5) is 0 Å². The van der Waals surface area contributed by atoms with Gasteiger partial charge in [-0.05, 0) is 19.4 Å². The molecule has 0 bridgehead atoms. The first-order valence-electron chi connectivity index (χ1n) is 9.64. The topological polar surface area (TPSA) is 26.0 Å². The van der Waals surface area contributed by atoms with Crippen molar-refractivity contribution >= 4 is 0 Å². The molecule has 0 heterocycles. The Kier molecular flexibility index (Phi) is 19.5. The van der Waals surface area contributed by atoms with Gasteiger partial charge in [0.1, 0.15) is 0 Å². The maximum atomic E-state index is 5.59. The minimum absolute atomic E-state index is 0. The van der Waals surface area contributed by atoms with Crippen LogP contribution >= 0.6 is 0 Å². The molecule has 0 spiro atoms. The second-order valence-electron chi connectivity index (χ2n) is 7.41. The van der Waals surface area contributed by atoms with E-state index < -0.39 is 0 Å². The van der Waals surface area contributed by atoms with Crippen LogP contribution in [0.15, 0.2) is 0 Å². The fraction of sp³-hybridized carbons (Fsp3) is 1.00. The third kappa shape index (κ3) is 18.3. The maximum absolute atomic E-state index is 5.59. The fourth-order valence-electron chi connectivity index (χ4n) is 3.01. The summed E-state index contributed by atoms with van der Waals surface area (Å²) in [6.07, 6.45) is 18.4. The Balaban J connectivity index is 0. The molecule has 2 N–H and O–H groups in total. The van der Waals surface area contributed by atoms with Crippen molar-refractivity contribution in [2.45, 2.75) is 90.4 Å². The molecule has 2 nitrogen and oxygen atoms in total. The Hall–Kier alpha value is 0.210. The summed E-state index contributed by atoms with van der Waals surface area (Å²) in [7, 11) is 4.68. The number of unbranched alkanes of at least 4 members (excludes halogenated alkanes) is 11. The van der Waals surface area contributed by atoms with Gasteiger partial charge in [0.25, 0.3) is 0 Å². The van der Waals surface area contributed by atoms with Gasteiger partial charge in [-0.15, -0.1) is 0 Å². The molecule has 0 amide bonds. The first-order valence-corrected chi connectivity index (χ1v) is 9.64. The van der Waals surface area contributed by atoms with Gasteiger partial charge >= 0.3 is 0 Å². The molecule has 0 aliphatic rings. The maximum Gasteiger partial charge on any atom is 0.0794 e. The zero-order chi connectivity index (χ0) is 15.8. The predicted molar refractivity (Wildman–Crippen MR) is 96.6 cm³/mol. The van der Waals surface area contributed by atoms with Crippen LogP contribution in [0.25, 0.3) is 0 Å². The van der Waals surface area contributed by atoms with Crippen molar-refractivity contribution in [3.8, 4) is 0 Å². The monoisotopic (exact) mass is 334 g/mol. The number of rotatable bonds is 16. The third-order valence-electron chi connectivity index (χ3n) is 4.58. The van der Waals surface area contributed by atoms with E-state index in [0.717, 1.165) is 17.4 Å². The van der Waals surface area contributed by atoms with Gasteiger partial charge in [0.2, 0.25) is 0 Å². The molecule has 0 fully saturated rings. The van der Waals surface area contributed by atoms with Gasteiger partial charge in [-0.25, -0.2) is 0 Å². The molecule has 0 aromatic heterocycles. The Morgan fingerprint density at radius 1 is 0.591 bits per heavy atom. The van der Waals surface area contributed by atoms with Crippen LogP contribution < -0.4 is 18.1 Å². The largest absolute Gasteiger partial charge is 1.00 e. The van der Waals surface area contributed by atoms with Gasteiger partial charge in [-0.3, -0.25) is 0 Å². The summed E-state index contributed by atoms with van der Waals surface area (Å²) in [6.45, 7) is 5.67. The minimum atomic E-state index is 0. The Morgan fingerprint density at radius 2 is 0.955 bits per heavy atom. The zero-order valence-corrected chi connectivity index (χ0v) is 16.5. The number of hydrogen-bond donors (Lipinski definition) is 1. The number of quaternary nitrogens is 1. The first-order chi connectivity index (χ1) is 10.1. The third-order valence-corrected chi connectivity index (χ3v) is 4.58. The van der Waals surface area contributed by atoms with Crippen LogP contribution in [-0.4, -0.2) is 38.2 Å². The van der Waals surface area contributed by atoms with Crippen molar-refractivity contribution in [1.29, 1.82) is 0 Å². The molecule has 0 rings (SSSR count). The molecule has 0 saturated heterocycles. The highest BCUT2D eigenvalue weighted by Gasteiger charge is 2.12. The standard InChI is InChI=1S/C19H43N2.ClH/c1-4-5-6-7-8-9-10-11-12-13-14-15-18-21(2,3)19-16-17-20;/h4-20H2,1-3H3;1H/q+1;/p-1. The molecule has 0 aliphatic heterocycles. The van der Waals surface area contributed by atoms with Crippen molar-refractivity contribution < 1.29 is 16.9 Å². The van der Waals surface area contributed by atoms with E-state index in [0.29, 0.717) is 0 Å². The Bertz CT molecular complexity index is 208. The smallest absolute Gasteiger partial charge is 0.0794 e. The van der Waals surface area contributed by atoms with E-state index in [2.05, 4.69) is 21.0 Å². The molecule has 3 heteroatoms. The number of nitrogens with zero attached hydrogens (tertiary/aromatic N) is 1. The second kappa shape index (κ2) is 17.6. The molecule has 0 aliphatic carbocycles. The van der Waals surface area contributed by atoms with E-state index >= 15 is 0 Å². The van der Waals surface area contributed by atoms with Gasteiger partial charge in [0, 0.05) is 6.42 Å². The summed E-state index contributed by atoms with van der Waals surface area (Å²) in [5.41, 5.74) is 5.59. The van der Waals surface area contributed by atoms with Crippen LogP contribution in [0.5, 0.6) is 0 Å². The van der Waals surface area contributed by atoms with Crippen LogP contribution in [0.1, 0.15) is 90.4 Å². The van der Waals surface area contributed by atoms with E-state index in [-0.39, 0.29) is 12.4 Å². The van der Waals surface area contributed by atoms with Crippen molar-refractivity contribution in [2.75, 3.05) is 33.7 Å². The van der Waals surface area contributed by atoms with E-state index in [1.54, 1.807) is 0 Å². The highest BCUT2D eigenvalue weighted by Crippen LogP contribution is 2.12. The summed E-state index contributed by atoms with van der Waals surface area (Å²) in [5, 5.41) is 0. The Labute approximate surface area is 147 Å². The summed E-state index contributed by atoms with van der Waals surface area (Å²) in [6, 6.07) is 0. The van der Waals surface area contributed by atoms with Gasteiger partial charge in [-0.2, -0.15) is 0 Å². The van der Waals surface area contributed by atoms with Crippen molar-refractivity contribution in [2.24, 2.45) is 5.73 Å². The lowest BCUT2D eigenvalue weighted by atomic mass is 10.1. The van der Waals surface area contributed by atoms with Gasteiger partial charge in [0.15, 0.2) is 0 Å². The molecule has 0 saturated carbocycles. The zero-order valence-electron chi connectivity index (χ0n) is 15.7. The molecule has 0 unspecified atom stereocenters. The minimum Gasteiger partial charge on any atom is -1.00 e. The van der Waals surface area contributed by atoms with E-state index in [1.807, 2.05) is 0 Å². The second-order valence-corrected chi connectivity index (χ2v) is 7.41. The normalized spacial score (nSPS) is 11.5. The number of halogens is 1. The van der Waals surface area contributed by atoms with Crippen LogP contribution in [0, 0.1) is 0 Å². The molecule has 136 valence electrons. The van der Waals surface area contributed by atoms with Crippen molar-refractivity contribution in [1.82, 2.24) is 0 Å². The van der Waals surface area contributed by atoms with Gasteiger partial charge < -0.3 is 22.6 Å². The van der Waals surface area contributed by atoms with Gasteiger partial charge in [-0.1, -0.05) is 71.1 Å². The van der Waals surface area contributed by atoms with Crippen LogP contribution in [-0.2, 0) is 0 Å². The van der Waals surface area contributed by atoms with Gasteiger partial charge in [0.05, 0.1) is 27.2 Å². The molecule has 22 heavy (non-hydrogen) atoms. The average molecular weight is 335 g/mol. The SMILES string of the molecule is CCCCCCCCCCCCCC[N+](C)(C)CCCN.[Cl-]. The molecular weight excluding hydrogens is 292 g/mol. The molecule has 0 aromatic carbocycles. The molecule has 0 radical (unpaired) electrons. The number of nitrogens with two attached hydrogens (primary N) is 1. The Morgan fingerprint density at radius 3 is 1.36 bits per heavy atom. The summed E-state index contributed by atoms with van der Waals surface area (Å²) >= 11 is 0. The lowest BCUT2D eigenvalue weighted by molar-refractivity contribution is -0.890. The van der Waals surface area contributed by atoms with Crippen molar-refractivity contribution in [3.05, 3.63) is 0 Å². The highest BCUT2D eigenvalue weighted by atomic mass is 35.5. The lowest BCUT2D eigenvalue weighted by Crippen LogP contribution is -3.00. The van der Waals surface area contributed by atoms with E-state index in [4.69, 9.17) is 5.73 Å². The lowest BCUT2D eigenvalue weighted by Gasteiger charge is -2.29.